The van der Waals surface area contributed by atoms with Crippen LogP contribution >= 0.6 is 35.6 Å². The predicted octanol–water partition coefficient (Wildman–Crippen LogP) is 4.63. The van der Waals surface area contributed by atoms with E-state index in [2.05, 4.69) is 17.4 Å². The highest BCUT2D eigenvalue weighted by molar-refractivity contribution is 14.0. The van der Waals surface area contributed by atoms with Crippen molar-refractivity contribution in [3.63, 3.8) is 0 Å². The normalized spacial score (nSPS) is 21.5. The molecule has 0 bridgehead atoms. The van der Waals surface area contributed by atoms with Crippen LogP contribution in [0.25, 0.3) is 0 Å². The molecule has 6 heteroatoms. The first-order chi connectivity index (χ1) is 12.2. The molecular weight excluding hydrogens is 461 g/mol. The van der Waals surface area contributed by atoms with Gasteiger partial charge in [0.15, 0.2) is 5.96 Å². The van der Waals surface area contributed by atoms with Crippen LogP contribution in [0, 0.1) is 0 Å². The van der Waals surface area contributed by atoms with Gasteiger partial charge in [0.1, 0.15) is 0 Å². The van der Waals surface area contributed by atoms with Gasteiger partial charge in [-0.15, -0.1) is 24.0 Å². The second-order valence-corrected chi connectivity index (χ2v) is 7.87. The standard InChI is InChI=1S/C20H30ClN3O.HI/c21-17-7-5-6-16(14-17)20(10-12-25-13-11-20)15-23-19(22)24-18-8-3-1-2-4-9-18;/h5-7,14,18H,1-4,8-13,15H2,(H3,22,23,24);1H. The van der Waals surface area contributed by atoms with Gasteiger partial charge in [0, 0.05) is 29.7 Å². The van der Waals surface area contributed by atoms with E-state index in [9.17, 15) is 0 Å². The topological polar surface area (TPSA) is 59.6 Å². The SMILES string of the molecule is I.NC(=NCC1(c2cccc(Cl)c2)CCOCC1)NC1CCCCCC1. The van der Waals surface area contributed by atoms with Crippen LogP contribution in [0.5, 0.6) is 0 Å². The van der Waals surface area contributed by atoms with Crippen molar-refractivity contribution in [3.8, 4) is 0 Å². The van der Waals surface area contributed by atoms with Crippen molar-refractivity contribution < 1.29 is 4.74 Å². The van der Waals surface area contributed by atoms with Crippen molar-refractivity contribution in [2.45, 2.75) is 62.8 Å². The number of hydrogen-bond donors (Lipinski definition) is 2. The molecule has 0 aromatic heterocycles. The highest BCUT2D eigenvalue weighted by atomic mass is 127. The molecule has 1 aliphatic heterocycles. The summed E-state index contributed by atoms with van der Waals surface area (Å²) in [5, 5.41) is 4.22. The molecule has 26 heavy (non-hydrogen) atoms. The molecule has 1 aliphatic carbocycles. The number of guanidine groups is 1. The highest BCUT2D eigenvalue weighted by Gasteiger charge is 2.34. The monoisotopic (exact) mass is 491 g/mol. The fourth-order valence-corrected chi connectivity index (χ4v) is 4.22. The molecule has 1 heterocycles. The van der Waals surface area contributed by atoms with Crippen LogP contribution in [0.4, 0.5) is 0 Å². The predicted molar refractivity (Wildman–Crippen MR) is 120 cm³/mol. The lowest BCUT2D eigenvalue weighted by molar-refractivity contribution is 0.0531. The van der Waals surface area contributed by atoms with Crippen LogP contribution in [0.15, 0.2) is 29.3 Å². The van der Waals surface area contributed by atoms with Gasteiger partial charge in [-0.2, -0.15) is 0 Å². The van der Waals surface area contributed by atoms with Crippen LogP contribution in [-0.2, 0) is 10.2 Å². The minimum Gasteiger partial charge on any atom is -0.381 e. The Morgan fingerprint density at radius 1 is 1.19 bits per heavy atom. The van der Waals surface area contributed by atoms with Gasteiger partial charge in [-0.25, -0.2) is 0 Å². The van der Waals surface area contributed by atoms with E-state index in [-0.39, 0.29) is 29.4 Å². The molecule has 0 atom stereocenters. The number of benzene rings is 1. The third-order valence-electron chi connectivity index (χ3n) is 5.65. The molecule has 0 spiro atoms. The second kappa shape index (κ2) is 10.7. The van der Waals surface area contributed by atoms with Crippen molar-refractivity contribution in [3.05, 3.63) is 34.9 Å². The molecular formula is C20H31ClIN3O. The van der Waals surface area contributed by atoms with Crippen molar-refractivity contribution in [2.75, 3.05) is 19.8 Å². The molecule has 3 rings (SSSR count). The van der Waals surface area contributed by atoms with E-state index in [1.165, 1.54) is 44.1 Å². The molecule has 2 fully saturated rings. The lowest BCUT2D eigenvalue weighted by atomic mass is 9.74. The Balaban J connectivity index is 0.00000243. The fourth-order valence-electron chi connectivity index (χ4n) is 4.03. The summed E-state index contributed by atoms with van der Waals surface area (Å²) in [6.45, 7) is 2.21. The lowest BCUT2D eigenvalue weighted by Gasteiger charge is -2.36. The summed E-state index contributed by atoms with van der Waals surface area (Å²) in [7, 11) is 0. The molecule has 1 aromatic carbocycles. The lowest BCUT2D eigenvalue weighted by Crippen LogP contribution is -2.42. The fraction of sp³-hybridized carbons (Fsp3) is 0.650. The summed E-state index contributed by atoms with van der Waals surface area (Å²) in [6, 6.07) is 8.64. The third kappa shape index (κ3) is 5.99. The number of rotatable bonds is 4. The van der Waals surface area contributed by atoms with E-state index in [0.29, 0.717) is 18.5 Å². The maximum Gasteiger partial charge on any atom is 0.188 e. The Morgan fingerprint density at radius 2 is 1.88 bits per heavy atom. The van der Waals surface area contributed by atoms with Crippen molar-refractivity contribution >= 4 is 41.5 Å². The van der Waals surface area contributed by atoms with Crippen molar-refractivity contribution in [2.24, 2.45) is 10.7 Å². The summed E-state index contributed by atoms with van der Waals surface area (Å²) in [5.41, 5.74) is 7.44. The molecule has 1 saturated carbocycles. The number of hydrogen-bond acceptors (Lipinski definition) is 2. The van der Waals surface area contributed by atoms with Crippen LogP contribution in [0.1, 0.15) is 56.9 Å². The molecule has 0 unspecified atom stereocenters. The first-order valence-corrected chi connectivity index (χ1v) is 9.96. The van der Waals surface area contributed by atoms with Gasteiger partial charge in [0.05, 0.1) is 6.54 Å². The zero-order valence-corrected chi connectivity index (χ0v) is 18.5. The molecule has 0 amide bonds. The van der Waals surface area contributed by atoms with E-state index >= 15 is 0 Å². The van der Waals surface area contributed by atoms with Crippen molar-refractivity contribution in [1.29, 1.82) is 0 Å². The van der Waals surface area contributed by atoms with E-state index in [1.54, 1.807) is 0 Å². The summed E-state index contributed by atoms with van der Waals surface area (Å²) in [5.74, 6) is 0.583. The van der Waals surface area contributed by atoms with Crippen LogP contribution in [0.2, 0.25) is 5.02 Å². The summed E-state index contributed by atoms with van der Waals surface area (Å²) >= 11 is 6.23. The largest absolute Gasteiger partial charge is 0.381 e. The van der Waals surface area contributed by atoms with Crippen LogP contribution < -0.4 is 11.1 Å². The van der Waals surface area contributed by atoms with Crippen molar-refractivity contribution in [1.82, 2.24) is 5.32 Å². The van der Waals surface area contributed by atoms with E-state index in [4.69, 9.17) is 27.1 Å². The van der Waals surface area contributed by atoms with Gasteiger partial charge in [0.25, 0.3) is 0 Å². The Labute approximate surface area is 179 Å². The molecule has 0 radical (unpaired) electrons. The average Bonchev–Trinajstić information content (AvgIpc) is 2.89. The molecule has 2 aliphatic rings. The first kappa shape index (κ1) is 21.8. The summed E-state index contributed by atoms with van der Waals surface area (Å²) in [6.07, 6.45) is 9.55. The number of nitrogens with two attached hydrogens (primary N) is 1. The number of aliphatic imine (C=N–C) groups is 1. The maximum atomic E-state index is 6.23. The van der Waals surface area contributed by atoms with Gasteiger partial charge in [-0.05, 0) is 43.4 Å². The highest BCUT2D eigenvalue weighted by Crippen LogP contribution is 2.36. The zero-order valence-electron chi connectivity index (χ0n) is 15.4. The van der Waals surface area contributed by atoms with Gasteiger partial charge in [-0.3, -0.25) is 4.99 Å². The third-order valence-corrected chi connectivity index (χ3v) is 5.88. The van der Waals surface area contributed by atoms with E-state index in [0.717, 1.165) is 31.1 Å². The first-order valence-electron chi connectivity index (χ1n) is 9.58. The van der Waals surface area contributed by atoms with Gasteiger partial charge in [-0.1, -0.05) is 49.4 Å². The number of nitrogens with zero attached hydrogens (tertiary/aromatic N) is 1. The minimum absolute atomic E-state index is 0. The van der Waals surface area contributed by atoms with Gasteiger partial charge < -0.3 is 15.8 Å². The molecule has 146 valence electrons. The average molecular weight is 492 g/mol. The quantitative estimate of drug-likeness (QED) is 0.279. The summed E-state index contributed by atoms with van der Waals surface area (Å²) < 4.78 is 5.59. The number of ether oxygens (including phenoxy) is 1. The molecule has 4 nitrogen and oxygen atoms in total. The van der Waals surface area contributed by atoms with Gasteiger partial charge in [0.2, 0.25) is 0 Å². The molecule has 1 aromatic rings. The number of halogens is 2. The minimum atomic E-state index is -0.0289. The Morgan fingerprint density at radius 3 is 2.54 bits per heavy atom. The Hall–Kier alpha value is -0.530. The van der Waals surface area contributed by atoms with E-state index in [1.807, 2.05) is 12.1 Å². The van der Waals surface area contributed by atoms with Gasteiger partial charge >= 0.3 is 0 Å². The molecule has 1 saturated heterocycles. The second-order valence-electron chi connectivity index (χ2n) is 7.44. The Bertz CT molecular complexity index is 582. The maximum absolute atomic E-state index is 6.23. The summed E-state index contributed by atoms with van der Waals surface area (Å²) in [4.78, 5) is 4.74. The van der Waals surface area contributed by atoms with E-state index < -0.39 is 0 Å². The van der Waals surface area contributed by atoms with Crippen LogP contribution in [-0.4, -0.2) is 31.8 Å². The Kier molecular flexibility index (Phi) is 8.97. The zero-order chi connectivity index (χ0) is 17.5. The van der Waals surface area contributed by atoms with Crippen LogP contribution in [0.3, 0.4) is 0 Å². The molecule has 3 N–H and O–H groups in total. The number of nitrogens with one attached hydrogen (secondary N) is 1. The smallest absolute Gasteiger partial charge is 0.188 e.